The maximum absolute atomic E-state index is 5.99. The Balaban J connectivity index is 1.80. The summed E-state index contributed by atoms with van der Waals surface area (Å²) in [6.07, 6.45) is 0. The molecule has 3 heterocycles. The summed E-state index contributed by atoms with van der Waals surface area (Å²) < 4.78 is 18.0. The Hall–Kier alpha value is -1.07. The highest BCUT2D eigenvalue weighted by Crippen LogP contribution is 2.48. The lowest BCUT2D eigenvalue weighted by molar-refractivity contribution is 0.398. The highest BCUT2D eigenvalue weighted by Gasteiger charge is 2.24. The molecule has 0 aromatic carbocycles. The van der Waals surface area contributed by atoms with Crippen LogP contribution in [0, 0.1) is 20.8 Å². The van der Waals surface area contributed by atoms with Crippen molar-refractivity contribution in [2.45, 2.75) is 20.8 Å². The van der Waals surface area contributed by atoms with E-state index >= 15 is 0 Å². The van der Waals surface area contributed by atoms with Crippen LogP contribution in [-0.4, -0.2) is 0 Å². The van der Waals surface area contributed by atoms with Crippen LogP contribution in [0.5, 0.6) is 15.2 Å². The topological polar surface area (TPSA) is 27.7 Å². The largest absolute Gasteiger partial charge is 0.532 e. The average Bonchev–Trinajstić information content (AvgIpc) is 3.17. The molecule has 0 aliphatic rings. The lowest BCUT2D eigenvalue weighted by Crippen LogP contribution is -2.01. The summed E-state index contributed by atoms with van der Waals surface area (Å²) in [4.78, 5) is 0. The minimum atomic E-state index is -1.53. The van der Waals surface area contributed by atoms with Crippen LogP contribution in [0.2, 0.25) is 0 Å². The number of hydrogen-bond acceptors (Lipinski definition) is 6. The second-order valence-corrected chi connectivity index (χ2v) is 8.30. The summed E-state index contributed by atoms with van der Waals surface area (Å²) in [6, 6.07) is 6.08. The molecule has 0 spiro atoms. The first-order valence-corrected chi connectivity index (χ1v) is 10.3. The van der Waals surface area contributed by atoms with Gasteiger partial charge in [-0.1, -0.05) is 0 Å². The molecule has 0 saturated carbocycles. The van der Waals surface area contributed by atoms with Crippen LogP contribution in [0.3, 0.4) is 0 Å². The number of thiophene rings is 3. The Morgan fingerprint density at radius 2 is 0.955 bits per heavy atom. The number of rotatable bonds is 6. The van der Waals surface area contributed by atoms with Crippen LogP contribution in [0.15, 0.2) is 34.3 Å². The molecule has 0 saturated heterocycles. The SMILES string of the molecule is Cc1ccsc1OP(Oc1sccc1C)Oc1sccc1C. The van der Waals surface area contributed by atoms with E-state index in [0.29, 0.717) is 0 Å². The van der Waals surface area contributed by atoms with Gasteiger partial charge in [0, 0.05) is 16.7 Å². The fraction of sp³-hybridized carbons (Fsp3) is 0.200. The summed E-state index contributed by atoms with van der Waals surface area (Å²) >= 11 is 4.66. The Labute approximate surface area is 143 Å². The number of hydrogen-bond donors (Lipinski definition) is 0. The zero-order chi connectivity index (χ0) is 15.5. The van der Waals surface area contributed by atoms with E-state index in [9.17, 15) is 0 Å². The molecule has 0 aliphatic heterocycles. The van der Waals surface area contributed by atoms with Gasteiger partial charge in [-0.05, 0) is 55.1 Å². The molecule has 7 heteroatoms. The number of aryl methyl sites for hydroxylation is 3. The van der Waals surface area contributed by atoms with Crippen molar-refractivity contribution in [3.05, 3.63) is 51.0 Å². The third-order valence-corrected chi connectivity index (χ3v) is 6.96. The van der Waals surface area contributed by atoms with Gasteiger partial charge in [0.25, 0.3) is 0 Å². The van der Waals surface area contributed by atoms with Crippen molar-refractivity contribution in [1.29, 1.82) is 0 Å². The van der Waals surface area contributed by atoms with Crippen molar-refractivity contribution in [3.63, 3.8) is 0 Å². The fourth-order valence-corrected chi connectivity index (χ4v) is 5.58. The molecule has 0 atom stereocenters. The van der Waals surface area contributed by atoms with E-state index in [1.165, 1.54) is 0 Å². The molecule has 3 aromatic heterocycles. The van der Waals surface area contributed by atoms with Crippen LogP contribution >= 0.6 is 42.6 Å². The molecule has 116 valence electrons. The molecule has 22 heavy (non-hydrogen) atoms. The summed E-state index contributed by atoms with van der Waals surface area (Å²) in [5.74, 6) is 0. The van der Waals surface area contributed by atoms with E-state index in [0.717, 1.165) is 31.9 Å². The fourth-order valence-electron chi connectivity index (χ4n) is 1.62. The third kappa shape index (κ3) is 3.63. The lowest BCUT2D eigenvalue weighted by atomic mass is 10.4. The zero-order valence-electron chi connectivity index (χ0n) is 12.4. The third-order valence-electron chi connectivity index (χ3n) is 2.92. The van der Waals surface area contributed by atoms with Gasteiger partial charge in [0.1, 0.15) is 0 Å². The highest BCUT2D eigenvalue weighted by atomic mass is 32.1. The van der Waals surface area contributed by atoms with Crippen molar-refractivity contribution in [2.24, 2.45) is 0 Å². The quantitative estimate of drug-likeness (QED) is 0.460. The first kappa shape index (κ1) is 15.8. The first-order valence-electron chi connectivity index (χ1n) is 6.60. The van der Waals surface area contributed by atoms with E-state index in [4.69, 9.17) is 13.6 Å². The van der Waals surface area contributed by atoms with E-state index in [2.05, 4.69) is 0 Å². The summed E-state index contributed by atoms with van der Waals surface area (Å²) in [6.45, 7) is 6.06. The minimum Gasteiger partial charge on any atom is -0.398 e. The maximum Gasteiger partial charge on any atom is 0.532 e. The molecular weight excluding hydrogens is 355 g/mol. The summed E-state index contributed by atoms with van der Waals surface area (Å²) in [7, 11) is -1.53. The van der Waals surface area contributed by atoms with Crippen molar-refractivity contribution in [3.8, 4) is 15.2 Å². The minimum absolute atomic E-state index is 0.842. The summed E-state index contributed by atoms with van der Waals surface area (Å²) in [5.41, 5.74) is 3.28. The first-order chi connectivity index (χ1) is 10.6. The standard InChI is InChI=1S/C15H15O3PS3/c1-10-4-7-20-13(10)16-19(17-14-11(2)5-8-21-14)18-15-12(3)6-9-22-15/h4-9H,1-3H3. The van der Waals surface area contributed by atoms with Crippen molar-refractivity contribution < 1.29 is 13.6 Å². The van der Waals surface area contributed by atoms with Gasteiger partial charge in [-0.25, -0.2) is 0 Å². The Bertz CT molecular complexity index is 646. The van der Waals surface area contributed by atoms with Gasteiger partial charge in [0.05, 0.1) is 0 Å². The Kier molecular flexibility index (Phi) is 5.03. The van der Waals surface area contributed by atoms with Gasteiger partial charge < -0.3 is 13.6 Å². The monoisotopic (exact) mass is 370 g/mol. The predicted molar refractivity (Wildman–Crippen MR) is 96.0 cm³/mol. The highest BCUT2D eigenvalue weighted by molar-refractivity contribution is 7.44. The molecule has 0 bridgehead atoms. The van der Waals surface area contributed by atoms with Crippen LogP contribution in [0.4, 0.5) is 0 Å². The van der Waals surface area contributed by atoms with Crippen LogP contribution in [-0.2, 0) is 0 Å². The van der Waals surface area contributed by atoms with E-state index in [1.54, 1.807) is 34.0 Å². The van der Waals surface area contributed by atoms with Gasteiger partial charge in [-0.3, -0.25) is 0 Å². The molecule has 0 N–H and O–H groups in total. The molecule has 0 radical (unpaired) electrons. The predicted octanol–water partition coefficient (Wildman–Crippen LogP) is 6.56. The Morgan fingerprint density at radius 3 is 1.18 bits per heavy atom. The van der Waals surface area contributed by atoms with Crippen LogP contribution in [0.1, 0.15) is 16.7 Å². The molecule has 3 nitrogen and oxygen atoms in total. The molecule has 0 amide bonds. The molecule has 3 rings (SSSR count). The van der Waals surface area contributed by atoms with Crippen molar-refractivity contribution in [2.75, 3.05) is 0 Å². The molecular formula is C15H15O3PS3. The maximum atomic E-state index is 5.99. The summed E-state index contributed by atoms with van der Waals surface area (Å²) in [5, 5.41) is 8.54. The van der Waals surface area contributed by atoms with Crippen molar-refractivity contribution in [1.82, 2.24) is 0 Å². The average molecular weight is 370 g/mol. The van der Waals surface area contributed by atoms with Crippen LogP contribution in [0.25, 0.3) is 0 Å². The molecule has 3 aromatic rings. The second kappa shape index (κ2) is 7.01. The second-order valence-electron chi connectivity index (χ2n) is 4.67. The van der Waals surface area contributed by atoms with E-state index in [1.807, 2.05) is 55.1 Å². The van der Waals surface area contributed by atoms with E-state index < -0.39 is 8.60 Å². The molecule has 0 unspecified atom stereocenters. The van der Waals surface area contributed by atoms with Crippen molar-refractivity contribution >= 4 is 42.6 Å². The Morgan fingerprint density at radius 1 is 0.636 bits per heavy atom. The zero-order valence-corrected chi connectivity index (χ0v) is 15.7. The molecule has 0 fully saturated rings. The van der Waals surface area contributed by atoms with E-state index in [-0.39, 0.29) is 0 Å². The van der Waals surface area contributed by atoms with Gasteiger partial charge in [0.2, 0.25) is 0 Å². The van der Waals surface area contributed by atoms with Gasteiger partial charge in [0.15, 0.2) is 15.2 Å². The lowest BCUT2D eigenvalue weighted by Gasteiger charge is -2.16. The smallest absolute Gasteiger partial charge is 0.398 e. The van der Waals surface area contributed by atoms with Gasteiger partial charge in [-0.15, -0.1) is 34.0 Å². The molecule has 0 aliphatic carbocycles. The van der Waals surface area contributed by atoms with Gasteiger partial charge in [-0.2, -0.15) is 0 Å². The van der Waals surface area contributed by atoms with Gasteiger partial charge >= 0.3 is 8.60 Å². The van der Waals surface area contributed by atoms with Crippen LogP contribution < -0.4 is 13.6 Å². The normalized spacial score (nSPS) is 10.9.